The maximum atomic E-state index is 2.39. The summed E-state index contributed by atoms with van der Waals surface area (Å²) in [5.41, 5.74) is 7.42. The molecule has 0 fully saturated rings. The monoisotopic (exact) mass is 482 g/mol. The van der Waals surface area contributed by atoms with Crippen LogP contribution in [-0.4, -0.2) is 0 Å². The molecule has 0 heterocycles. The maximum absolute atomic E-state index is 2.39. The molecule has 0 saturated carbocycles. The molecule has 0 spiro atoms. The zero-order valence-electron chi connectivity index (χ0n) is 21.0. The first-order valence-corrected chi connectivity index (χ1v) is 13.1. The second kappa shape index (κ2) is 9.50. The fourth-order valence-electron chi connectivity index (χ4n) is 5.70. The summed E-state index contributed by atoms with van der Waals surface area (Å²) in [5.74, 6) is 0. The third-order valence-electron chi connectivity index (χ3n) is 7.48. The maximum Gasteiger partial charge on any atom is -0.00264 e. The molecule has 7 rings (SSSR count). The highest BCUT2D eigenvalue weighted by Crippen LogP contribution is 2.40. The normalized spacial score (nSPS) is 11.8. The lowest BCUT2D eigenvalue weighted by molar-refractivity contribution is 1.58. The Balaban J connectivity index is 1.58. The zero-order valence-corrected chi connectivity index (χ0v) is 21.0. The topological polar surface area (TPSA) is 0 Å². The third kappa shape index (κ3) is 3.88. The van der Waals surface area contributed by atoms with Crippen molar-refractivity contribution in [1.82, 2.24) is 0 Å². The van der Waals surface area contributed by atoms with E-state index in [-0.39, 0.29) is 0 Å². The molecule has 0 saturated heterocycles. The van der Waals surface area contributed by atoms with Gasteiger partial charge < -0.3 is 0 Å². The van der Waals surface area contributed by atoms with E-state index in [1.54, 1.807) is 0 Å². The van der Waals surface area contributed by atoms with E-state index in [0.717, 1.165) is 0 Å². The van der Waals surface area contributed by atoms with Gasteiger partial charge in [-0.05, 0) is 71.8 Å². The number of hydrogen-bond donors (Lipinski definition) is 0. The van der Waals surface area contributed by atoms with Gasteiger partial charge in [0.05, 0.1) is 0 Å². The van der Waals surface area contributed by atoms with Crippen LogP contribution in [0, 0.1) is 0 Å². The SMILES string of the molecule is C(=C(c1ccccc1)c1cccc2ccccc12)c1ccc2ccccc2c1-c1cccc2ccccc12. The van der Waals surface area contributed by atoms with Crippen molar-refractivity contribution in [3.05, 3.63) is 168 Å². The van der Waals surface area contributed by atoms with Crippen molar-refractivity contribution in [2.24, 2.45) is 0 Å². The van der Waals surface area contributed by atoms with Crippen molar-refractivity contribution < 1.29 is 0 Å². The fourth-order valence-corrected chi connectivity index (χ4v) is 5.70. The molecule has 7 aromatic rings. The van der Waals surface area contributed by atoms with Crippen LogP contribution in [0.1, 0.15) is 16.7 Å². The van der Waals surface area contributed by atoms with Crippen molar-refractivity contribution >= 4 is 44.0 Å². The molecule has 0 atom stereocenters. The van der Waals surface area contributed by atoms with E-state index >= 15 is 0 Å². The first-order chi connectivity index (χ1) is 18.9. The van der Waals surface area contributed by atoms with Crippen LogP contribution >= 0.6 is 0 Å². The first-order valence-electron chi connectivity index (χ1n) is 13.1. The molecule has 0 aliphatic carbocycles. The van der Waals surface area contributed by atoms with Crippen LogP contribution in [0.5, 0.6) is 0 Å². The molecule has 0 aliphatic heterocycles. The zero-order chi connectivity index (χ0) is 25.3. The molecular weight excluding hydrogens is 456 g/mol. The highest BCUT2D eigenvalue weighted by molar-refractivity contribution is 6.11. The summed E-state index contributed by atoms with van der Waals surface area (Å²) in [6, 6.07) is 54.6. The fraction of sp³-hybridized carbons (Fsp3) is 0. The Hall–Kier alpha value is -4.94. The van der Waals surface area contributed by atoms with E-state index in [1.165, 1.54) is 65.7 Å². The molecule has 0 bridgehead atoms. The quantitative estimate of drug-likeness (QED) is 0.219. The predicted octanol–water partition coefficient (Wildman–Crippen LogP) is 10.4. The van der Waals surface area contributed by atoms with E-state index in [0.29, 0.717) is 0 Å². The summed E-state index contributed by atoms with van der Waals surface area (Å²) in [4.78, 5) is 0. The van der Waals surface area contributed by atoms with Gasteiger partial charge in [0.25, 0.3) is 0 Å². The highest BCUT2D eigenvalue weighted by Gasteiger charge is 2.15. The summed E-state index contributed by atoms with van der Waals surface area (Å²) in [6.45, 7) is 0. The molecule has 0 radical (unpaired) electrons. The van der Waals surface area contributed by atoms with E-state index in [1.807, 2.05) is 0 Å². The predicted molar refractivity (Wildman–Crippen MR) is 164 cm³/mol. The Morgan fingerprint density at radius 2 is 0.947 bits per heavy atom. The summed E-state index contributed by atoms with van der Waals surface area (Å²) in [5, 5.41) is 7.55. The van der Waals surface area contributed by atoms with Gasteiger partial charge in [0.15, 0.2) is 0 Å². The van der Waals surface area contributed by atoms with Crippen molar-refractivity contribution in [2.45, 2.75) is 0 Å². The Labute approximate surface area is 223 Å². The van der Waals surface area contributed by atoms with Gasteiger partial charge >= 0.3 is 0 Å². The Bertz CT molecular complexity index is 1950. The molecule has 0 amide bonds. The molecule has 0 heteroatoms. The van der Waals surface area contributed by atoms with E-state index in [4.69, 9.17) is 0 Å². The van der Waals surface area contributed by atoms with Crippen LogP contribution in [0.3, 0.4) is 0 Å². The average molecular weight is 483 g/mol. The smallest absolute Gasteiger partial charge is 0.00264 e. The van der Waals surface area contributed by atoms with Gasteiger partial charge in [-0.15, -0.1) is 0 Å². The van der Waals surface area contributed by atoms with Gasteiger partial charge in [-0.1, -0.05) is 152 Å². The van der Waals surface area contributed by atoms with Crippen LogP contribution in [0.15, 0.2) is 152 Å². The van der Waals surface area contributed by atoms with Gasteiger partial charge in [-0.25, -0.2) is 0 Å². The molecule has 0 N–H and O–H groups in total. The van der Waals surface area contributed by atoms with E-state index < -0.39 is 0 Å². The molecule has 7 aromatic carbocycles. The van der Waals surface area contributed by atoms with Crippen molar-refractivity contribution in [1.29, 1.82) is 0 Å². The minimum Gasteiger partial charge on any atom is -0.0622 e. The largest absolute Gasteiger partial charge is 0.0622 e. The highest BCUT2D eigenvalue weighted by atomic mass is 14.2. The summed E-state index contributed by atoms with van der Waals surface area (Å²) < 4.78 is 0. The van der Waals surface area contributed by atoms with Gasteiger partial charge in [-0.2, -0.15) is 0 Å². The lowest BCUT2D eigenvalue weighted by Crippen LogP contribution is -1.93. The lowest BCUT2D eigenvalue weighted by Gasteiger charge is -2.17. The van der Waals surface area contributed by atoms with Crippen molar-refractivity contribution in [3.8, 4) is 11.1 Å². The molecular formula is C38H26. The van der Waals surface area contributed by atoms with Crippen LogP contribution in [-0.2, 0) is 0 Å². The molecule has 0 aliphatic rings. The van der Waals surface area contributed by atoms with E-state index in [9.17, 15) is 0 Å². The van der Waals surface area contributed by atoms with Crippen LogP contribution in [0.2, 0.25) is 0 Å². The van der Waals surface area contributed by atoms with E-state index in [2.05, 4.69) is 158 Å². The second-order valence-electron chi connectivity index (χ2n) is 9.73. The number of benzene rings is 7. The standard InChI is InChI=1S/C38H26/c1-2-12-29(13-3-1)37(35-22-10-17-27-14-4-7-19-32(27)35)26-31-25-24-30-16-6-9-21-34(30)38(31)36-23-11-18-28-15-5-8-20-33(28)36/h1-26H. The summed E-state index contributed by atoms with van der Waals surface area (Å²) in [7, 11) is 0. The number of hydrogen-bond acceptors (Lipinski definition) is 0. The minimum atomic E-state index is 1.21. The average Bonchev–Trinajstić information content (AvgIpc) is 2.99. The van der Waals surface area contributed by atoms with Gasteiger partial charge in [-0.3, -0.25) is 0 Å². The summed E-state index contributed by atoms with van der Waals surface area (Å²) >= 11 is 0. The van der Waals surface area contributed by atoms with Crippen LogP contribution in [0.4, 0.5) is 0 Å². The van der Waals surface area contributed by atoms with Crippen LogP contribution in [0.25, 0.3) is 55.1 Å². The molecule has 0 aromatic heterocycles. The van der Waals surface area contributed by atoms with Gasteiger partial charge in [0.2, 0.25) is 0 Å². The Morgan fingerprint density at radius 1 is 0.395 bits per heavy atom. The number of fused-ring (bicyclic) bond motifs is 3. The second-order valence-corrected chi connectivity index (χ2v) is 9.73. The Morgan fingerprint density at radius 3 is 1.71 bits per heavy atom. The van der Waals surface area contributed by atoms with Gasteiger partial charge in [0.1, 0.15) is 0 Å². The lowest BCUT2D eigenvalue weighted by atomic mass is 9.87. The summed E-state index contributed by atoms with van der Waals surface area (Å²) in [6.07, 6.45) is 2.39. The van der Waals surface area contributed by atoms with Crippen molar-refractivity contribution in [3.63, 3.8) is 0 Å². The first kappa shape index (κ1) is 22.3. The van der Waals surface area contributed by atoms with Gasteiger partial charge in [0, 0.05) is 0 Å². The molecule has 38 heavy (non-hydrogen) atoms. The number of rotatable bonds is 4. The van der Waals surface area contributed by atoms with Crippen molar-refractivity contribution in [2.75, 3.05) is 0 Å². The molecule has 0 nitrogen and oxygen atoms in total. The Kier molecular flexibility index (Phi) is 5.57. The molecule has 178 valence electrons. The third-order valence-corrected chi connectivity index (χ3v) is 7.48. The molecule has 0 unspecified atom stereocenters. The van der Waals surface area contributed by atoms with Crippen LogP contribution < -0.4 is 0 Å². The minimum absolute atomic E-state index is 1.21.